The molecule has 1 aromatic carbocycles. The highest BCUT2D eigenvalue weighted by Crippen LogP contribution is 2.32. The van der Waals surface area contributed by atoms with Crippen LogP contribution in [0.1, 0.15) is 30.6 Å². The summed E-state index contributed by atoms with van der Waals surface area (Å²) in [4.78, 5) is 3.92. The largest absolute Gasteiger partial charge is 0.507 e. The Balaban J connectivity index is 1.79. The van der Waals surface area contributed by atoms with Crippen LogP contribution < -0.4 is 0 Å². The molecule has 1 N–H and O–H groups in total. The number of benzene rings is 1. The molecule has 1 aromatic heterocycles. The third-order valence-electron chi connectivity index (χ3n) is 3.67. The van der Waals surface area contributed by atoms with Gasteiger partial charge in [-0.1, -0.05) is 18.9 Å². The second kappa shape index (κ2) is 5.29. The van der Waals surface area contributed by atoms with Crippen LogP contribution in [0.15, 0.2) is 24.3 Å². The zero-order chi connectivity index (χ0) is 12.4. The normalized spacial score (nSPS) is 18.0. The van der Waals surface area contributed by atoms with Gasteiger partial charge in [0.05, 0.1) is 0 Å². The fourth-order valence-corrected chi connectivity index (χ4v) is 3.82. The van der Waals surface area contributed by atoms with Gasteiger partial charge in [0.25, 0.3) is 0 Å². The number of nitrogens with zero attached hydrogens (tertiary/aromatic N) is 1. The van der Waals surface area contributed by atoms with Gasteiger partial charge in [-0.05, 0) is 44.1 Å². The highest BCUT2D eigenvalue weighted by Gasteiger charge is 2.12. The topological polar surface area (TPSA) is 23.5 Å². The fourth-order valence-electron chi connectivity index (χ4n) is 2.69. The fraction of sp³-hybridized carbons (Fsp3) is 0.467. The maximum absolute atomic E-state index is 9.83. The van der Waals surface area contributed by atoms with Crippen LogP contribution in [0.5, 0.6) is 5.75 Å². The molecule has 0 bridgehead atoms. The lowest BCUT2D eigenvalue weighted by atomic mass is 10.2. The summed E-state index contributed by atoms with van der Waals surface area (Å²) in [7, 11) is 0. The molecule has 0 saturated carbocycles. The summed E-state index contributed by atoms with van der Waals surface area (Å²) < 4.78 is 1.19. The zero-order valence-corrected chi connectivity index (χ0v) is 11.4. The van der Waals surface area contributed by atoms with Crippen LogP contribution in [0, 0.1) is 0 Å². The molecule has 0 atom stereocenters. The molecule has 3 heteroatoms. The first-order valence-corrected chi connectivity index (χ1v) is 7.57. The zero-order valence-electron chi connectivity index (χ0n) is 10.6. The van der Waals surface area contributed by atoms with Crippen molar-refractivity contribution < 1.29 is 5.11 Å². The summed E-state index contributed by atoms with van der Waals surface area (Å²) in [5, 5.41) is 10.8. The van der Waals surface area contributed by atoms with Crippen molar-refractivity contribution in [2.45, 2.75) is 32.2 Å². The van der Waals surface area contributed by atoms with E-state index in [-0.39, 0.29) is 0 Å². The van der Waals surface area contributed by atoms with E-state index < -0.39 is 0 Å². The molecule has 1 aliphatic rings. The smallest absolute Gasteiger partial charge is 0.124 e. The van der Waals surface area contributed by atoms with Crippen LogP contribution in [-0.2, 0) is 6.54 Å². The lowest BCUT2D eigenvalue weighted by Gasteiger charge is -2.18. The van der Waals surface area contributed by atoms with Crippen molar-refractivity contribution in [1.29, 1.82) is 0 Å². The Morgan fingerprint density at radius 2 is 1.89 bits per heavy atom. The minimum atomic E-state index is 0.408. The molecule has 1 saturated heterocycles. The van der Waals surface area contributed by atoms with Gasteiger partial charge in [0.1, 0.15) is 5.75 Å². The molecule has 0 radical (unpaired) electrons. The van der Waals surface area contributed by atoms with Gasteiger partial charge in [-0.25, -0.2) is 0 Å². The van der Waals surface area contributed by atoms with Crippen LogP contribution in [-0.4, -0.2) is 23.1 Å². The van der Waals surface area contributed by atoms with Crippen LogP contribution in [0.4, 0.5) is 0 Å². The minimum Gasteiger partial charge on any atom is -0.507 e. The number of hydrogen-bond acceptors (Lipinski definition) is 3. The highest BCUT2D eigenvalue weighted by atomic mass is 32.1. The van der Waals surface area contributed by atoms with Gasteiger partial charge in [-0.3, -0.25) is 4.90 Å². The van der Waals surface area contributed by atoms with E-state index in [1.807, 2.05) is 17.4 Å². The predicted octanol–water partition coefficient (Wildman–Crippen LogP) is 3.98. The van der Waals surface area contributed by atoms with Gasteiger partial charge in [0.15, 0.2) is 0 Å². The first-order valence-electron chi connectivity index (χ1n) is 6.76. The highest BCUT2D eigenvalue weighted by molar-refractivity contribution is 7.19. The monoisotopic (exact) mass is 261 g/mol. The maximum Gasteiger partial charge on any atom is 0.124 e. The van der Waals surface area contributed by atoms with E-state index >= 15 is 0 Å². The maximum atomic E-state index is 9.83. The van der Waals surface area contributed by atoms with Crippen molar-refractivity contribution in [2.75, 3.05) is 13.1 Å². The van der Waals surface area contributed by atoms with Crippen LogP contribution >= 0.6 is 11.3 Å². The van der Waals surface area contributed by atoms with Crippen LogP contribution in [0.25, 0.3) is 10.1 Å². The van der Waals surface area contributed by atoms with Crippen molar-refractivity contribution in [3.05, 3.63) is 29.1 Å². The van der Waals surface area contributed by atoms with E-state index in [1.54, 1.807) is 6.07 Å². The van der Waals surface area contributed by atoms with Gasteiger partial charge in [-0.15, -0.1) is 11.3 Å². The summed E-state index contributed by atoms with van der Waals surface area (Å²) in [6.45, 7) is 3.49. The molecular formula is C15H19NOS. The number of aromatic hydroxyl groups is 1. The Hall–Kier alpha value is -1.06. The number of phenolic OH excluding ortho intramolecular Hbond substituents is 1. The molecule has 3 rings (SSSR count). The summed E-state index contributed by atoms with van der Waals surface area (Å²) >= 11 is 1.81. The molecule has 0 aliphatic carbocycles. The SMILES string of the molecule is Oc1cccc2sc(CN3CCCCCC3)cc12. The lowest BCUT2D eigenvalue weighted by Crippen LogP contribution is -2.23. The standard InChI is InChI=1S/C15H19NOS/c17-14-6-5-7-15-13(14)10-12(18-15)11-16-8-3-1-2-4-9-16/h5-7,10,17H,1-4,8-9,11H2. The van der Waals surface area contributed by atoms with Crippen molar-refractivity contribution in [1.82, 2.24) is 4.90 Å². The Bertz CT molecular complexity index is 526. The molecule has 2 heterocycles. The van der Waals surface area contributed by atoms with E-state index in [1.165, 1.54) is 48.3 Å². The number of thiophene rings is 1. The number of phenols is 1. The van der Waals surface area contributed by atoms with Gasteiger partial charge < -0.3 is 5.11 Å². The average Bonchev–Trinajstić information content (AvgIpc) is 2.60. The predicted molar refractivity (Wildman–Crippen MR) is 77.2 cm³/mol. The van der Waals surface area contributed by atoms with Crippen molar-refractivity contribution in [2.24, 2.45) is 0 Å². The molecule has 0 spiro atoms. The van der Waals surface area contributed by atoms with E-state index in [9.17, 15) is 5.11 Å². The first-order chi connectivity index (χ1) is 8.83. The Morgan fingerprint density at radius 1 is 1.11 bits per heavy atom. The Morgan fingerprint density at radius 3 is 2.61 bits per heavy atom. The van der Waals surface area contributed by atoms with Gasteiger partial charge in [-0.2, -0.15) is 0 Å². The molecular weight excluding hydrogens is 242 g/mol. The average molecular weight is 261 g/mol. The van der Waals surface area contributed by atoms with E-state index in [2.05, 4.69) is 17.0 Å². The van der Waals surface area contributed by atoms with Gasteiger partial charge in [0, 0.05) is 21.5 Å². The number of likely N-dealkylation sites (tertiary alicyclic amines) is 1. The van der Waals surface area contributed by atoms with Crippen LogP contribution in [0.3, 0.4) is 0 Å². The molecule has 96 valence electrons. The Labute approximate surface area is 112 Å². The summed E-state index contributed by atoms with van der Waals surface area (Å²) in [5.74, 6) is 0.408. The van der Waals surface area contributed by atoms with Crippen molar-refractivity contribution in [3.8, 4) is 5.75 Å². The van der Waals surface area contributed by atoms with Crippen molar-refractivity contribution in [3.63, 3.8) is 0 Å². The molecule has 1 aliphatic heterocycles. The van der Waals surface area contributed by atoms with E-state index in [4.69, 9.17) is 0 Å². The summed E-state index contributed by atoms with van der Waals surface area (Å²) in [6.07, 6.45) is 5.42. The molecule has 2 nitrogen and oxygen atoms in total. The molecule has 1 fully saturated rings. The molecule has 18 heavy (non-hydrogen) atoms. The lowest BCUT2D eigenvalue weighted by molar-refractivity contribution is 0.279. The third kappa shape index (κ3) is 2.52. The second-order valence-electron chi connectivity index (χ2n) is 5.09. The third-order valence-corrected chi connectivity index (χ3v) is 4.75. The van der Waals surface area contributed by atoms with E-state index in [0.29, 0.717) is 5.75 Å². The number of fused-ring (bicyclic) bond motifs is 1. The van der Waals surface area contributed by atoms with E-state index in [0.717, 1.165) is 11.9 Å². The summed E-state index contributed by atoms with van der Waals surface area (Å²) in [6, 6.07) is 7.93. The van der Waals surface area contributed by atoms with Crippen LogP contribution in [0.2, 0.25) is 0 Å². The molecule has 0 unspecified atom stereocenters. The minimum absolute atomic E-state index is 0.408. The quantitative estimate of drug-likeness (QED) is 0.883. The first kappa shape index (κ1) is 12.0. The van der Waals surface area contributed by atoms with Crippen molar-refractivity contribution >= 4 is 21.4 Å². The Kier molecular flexibility index (Phi) is 3.52. The van der Waals surface area contributed by atoms with Gasteiger partial charge in [0.2, 0.25) is 0 Å². The van der Waals surface area contributed by atoms with Gasteiger partial charge >= 0.3 is 0 Å². The number of hydrogen-bond donors (Lipinski definition) is 1. The molecule has 0 amide bonds. The molecule has 2 aromatic rings. The summed E-state index contributed by atoms with van der Waals surface area (Å²) in [5.41, 5.74) is 0. The number of rotatable bonds is 2. The second-order valence-corrected chi connectivity index (χ2v) is 6.26.